The molecular formula is C10H9N3O3. The molecule has 1 aliphatic rings. The van der Waals surface area contributed by atoms with E-state index in [0.717, 1.165) is 12.8 Å². The van der Waals surface area contributed by atoms with Crippen LogP contribution in [0.3, 0.4) is 0 Å². The minimum atomic E-state index is -1.06. The molecule has 0 aromatic carbocycles. The molecule has 0 aliphatic heterocycles. The van der Waals surface area contributed by atoms with Crippen LogP contribution in [0, 0.1) is 0 Å². The standard InChI is InChI=1S/C10H9N3O3/c14-9(15)13-10(2-3-10)8-12-6-5-11-4-1-7(6)16-8/h1,4-5,13H,2-3H2,(H,14,15). The Kier molecular flexibility index (Phi) is 1.68. The van der Waals surface area contributed by atoms with E-state index >= 15 is 0 Å². The van der Waals surface area contributed by atoms with Gasteiger partial charge >= 0.3 is 6.09 Å². The monoisotopic (exact) mass is 219 g/mol. The third-order valence-electron chi connectivity index (χ3n) is 2.70. The Morgan fingerprint density at radius 2 is 2.38 bits per heavy atom. The van der Waals surface area contributed by atoms with Crippen molar-refractivity contribution in [3.63, 3.8) is 0 Å². The fourth-order valence-electron chi connectivity index (χ4n) is 1.71. The number of nitrogens with one attached hydrogen (secondary N) is 1. The van der Waals surface area contributed by atoms with Gasteiger partial charge in [0.25, 0.3) is 0 Å². The lowest BCUT2D eigenvalue weighted by atomic mass is 10.3. The van der Waals surface area contributed by atoms with Crippen LogP contribution in [-0.4, -0.2) is 21.2 Å². The van der Waals surface area contributed by atoms with E-state index in [0.29, 0.717) is 17.0 Å². The second-order valence-corrected chi connectivity index (χ2v) is 3.87. The lowest BCUT2D eigenvalue weighted by Gasteiger charge is -2.09. The highest BCUT2D eigenvalue weighted by Gasteiger charge is 2.50. The molecule has 1 saturated carbocycles. The normalized spacial score (nSPS) is 17.2. The second-order valence-electron chi connectivity index (χ2n) is 3.87. The van der Waals surface area contributed by atoms with Gasteiger partial charge < -0.3 is 14.8 Å². The predicted molar refractivity (Wildman–Crippen MR) is 53.9 cm³/mol. The molecule has 0 unspecified atom stereocenters. The number of aromatic nitrogens is 2. The molecule has 2 aromatic heterocycles. The molecule has 0 atom stereocenters. The van der Waals surface area contributed by atoms with Gasteiger partial charge in [0.1, 0.15) is 11.1 Å². The van der Waals surface area contributed by atoms with Crippen molar-refractivity contribution >= 4 is 17.2 Å². The molecule has 0 radical (unpaired) electrons. The average molecular weight is 219 g/mol. The van der Waals surface area contributed by atoms with Crippen molar-refractivity contribution in [2.45, 2.75) is 18.4 Å². The van der Waals surface area contributed by atoms with Gasteiger partial charge in [0, 0.05) is 12.3 Å². The molecule has 1 fully saturated rings. The first kappa shape index (κ1) is 9.14. The van der Waals surface area contributed by atoms with Crippen LogP contribution in [-0.2, 0) is 5.54 Å². The first-order chi connectivity index (χ1) is 7.70. The van der Waals surface area contributed by atoms with Crippen LogP contribution in [0.5, 0.6) is 0 Å². The quantitative estimate of drug-likeness (QED) is 0.798. The van der Waals surface area contributed by atoms with E-state index in [1.807, 2.05) is 0 Å². The van der Waals surface area contributed by atoms with Crippen molar-refractivity contribution in [3.05, 3.63) is 24.4 Å². The fraction of sp³-hybridized carbons (Fsp3) is 0.300. The summed E-state index contributed by atoms with van der Waals surface area (Å²) in [5.41, 5.74) is 0.657. The van der Waals surface area contributed by atoms with E-state index in [9.17, 15) is 4.79 Å². The van der Waals surface area contributed by atoms with E-state index in [-0.39, 0.29) is 0 Å². The molecule has 0 saturated heterocycles. The molecule has 0 bridgehead atoms. The Morgan fingerprint density at radius 3 is 3.00 bits per heavy atom. The van der Waals surface area contributed by atoms with Gasteiger partial charge in [-0.2, -0.15) is 0 Å². The first-order valence-corrected chi connectivity index (χ1v) is 4.92. The molecule has 3 rings (SSSR count). The number of hydrogen-bond donors (Lipinski definition) is 2. The van der Waals surface area contributed by atoms with Crippen molar-refractivity contribution in [1.29, 1.82) is 0 Å². The summed E-state index contributed by atoms with van der Waals surface area (Å²) in [5.74, 6) is 0.429. The first-order valence-electron chi connectivity index (χ1n) is 4.92. The SMILES string of the molecule is O=C(O)NC1(c2nc3cnccc3o2)CC1. The predicted octanol–water partition coefficient (Wildman–Crippen LogP) is 1.48. The van der Waals surface area contributed by atoms with Crippen LogP contribution in [0.1, 0.15) is 18.7 Å². The zero-order chi connectivity index (χ0) is 11.2. The molecule has 2 aromatic rings. The van der Waals surface area contributed by atoms with E-state index < -0.39 is 11.6 Å². The number of amides is 1. The van der Waals surface area contributed by atoms with E-state index in [2.05, 4.69) is 15.3 Å². The van der Waals surface area contributed by atoms with Crippen LogP contribution in [0.15, 0.2) is 22.9 Å². The van der Waals surface area contributed by atoms with Gasteiger partial charge in [-0.15, -0.1) is 0 Å². The molecule has 6 heteroatoms. The average Bonchev–Trinajstić information content (AvgIpc) is 2.89. The van der Waals surface area contributed by atoms with Crippen LogP contribution < -0.4 is 5.32 Å². The Bertz CT molecular complexity index is 526. The summed E-state index contributed by atoms with van der Waals surface area (Å²) in [5, 5.41) is 11.2. The Labute approximate surface area is 90.3 Å². The summed E-state index contributed by atoms with van der Waals surface area (Å²) in [6, 6.07) is 1.71. The summed E-state index contributed by atoms with van der Waals surface area (Å²) in [4.78, 5) is 18.8. The summed E-state index contributed by atoms with van der Waals surface area (Å²) in [6.45, 7) is 0. The Balaban J connectivity index is 2.03. The third-order valence-corrected chi connectivity index (χ3v) is 2.70. The number of nitrogens with zero attached hydrogens (tertiary/aromatic N) is 2. The lowest BCUT2D eigenvalue weighted by molar-refractivity contribution is 0.185. The summed E-state index contributed by atoms with van der Waals surface area (Å²) >= 11 is 0. The van der Waals surface area contributed by atoms with Gasteiger partial charge in [0.15, 0.2) is 5.58 Å². The van der Waals surface area contributed by atoms with Crippen molar-refractivity contribution in [3.8, 4) is 0 Å². The molecule has 2 N–H and O–H groups in total. The van der Waals surface area contributed by atoms with Gasteiger partial charge in [-0.3, -0.25) is 4.98 Å². The topological polar surface area (TPSA) is 88.2 Å². The maximum absolute atomic E-state index is 10.7. The van der Waals surface area contributed by atoms with Crippen molar-refractivity contribution in [2.24, 2.45) is 0 Å². The minimum Gasteiger partial charge on any atom is -0.465 e. The van der Waals surface area contributed by atoms with E-state index in [1.165, 1.54) is 0 Å². The largest absolute Gasteiger partial charge is 0.465 e. The maximum Gasteiger partial charge on any atom is 0.405 e. The van der Waals surface area contributed by atoms with Gasteiger partial charge in [-0.1, -0.05) is 0 Å². The summed E-state index contributed by atoms with van der Waals surface area (Å²) in [7, 11) is 0. The van der Waals surface area contributed by atoms with E-state index in [4.69, 9.17) is 9.52 Å². The van der Waals surface area contributed by atoms with Crippen molar-refractivity contribution < 1.29 is 14.3 Å². The number of pyridine rings is 1. The third kappa shape index (κ3) is 1.30. The molecule has 1 amide bonds. The number of hydrogen-bond acceptors (Lipinski definition) is 4. The molecule has 1 aliphatic carbocycles. The zero-order valence-corrected chi connectivity index (χ0v) is 8.30. The van der Waals surface area contributed by atoms with Crippen molar-refractivity contribution in [1.82, 2.24) is 15.3 Å². The van der Waals surface area contributed by atoms with Crippen molar-refractivity contribution in [2.75, 3.05) is 0 Å². The maximum atomic E-state index is 10.7. The zero-order valence-electron chi connectivity index (χ0n) is 8.30. The van der Waals surface area contributed by atoms with Gasteiger partial charge in [0.2, 0.25) is 5.89 Å². The molecule has 2 heterocycles. The van der Waals surface area contributed by atoms with Crippen LogP contribution in [0.4, 0.5) is 4.79 Å². The lowest BCUT2D eigenvalue weighted by Crippen LogP contribution is -2.33. The minimum absolute atomic E-state index is 0.429. The molecule has 6 nitrogen and oxygen atoms in total. The molecule has 82 valence electrons. The highest BCUT2D eigenvalue weighted by atomic mass is 16.4. The molecule has 0 spiro atoms. The molecular weight excluding hydrogens is 210 g/mol. The van der Waals surface area contributed by atoms with Crippen LogP contribution in [0.25, 0.3) is 11.1 Å². The number of carbonyl (C=O) groups is 1. The highest BCUT2D eigenvalue weighted by Crippen LogP contribution is 2.45. The number of fused-ring (bicyclic) bond motifs is 1. The number of carboxylic acid groups (broad SMARTS) is 1. The Hall–Kier alpha value is -2.11. The summed E-state index contributed by atoms with van der Waals surface area (Å²) < 4.78 is 5.52. The number of rotatable bonds is 2. The Morgan fingerprint density at radius 1 is 1.56 bits per heavy atom. The summed E-state index contributed by atoms with van der Waals surface area (Å²) in [6.07, 6.45) is 3.60. The van der Waals surface area contributed by atoms with Gasteiger partial charge in [-0.25, -0.2) is 9.78 Å². The van der Waals surface area contributed by atoms with Gasteiger partial charge in [-0.05, 0) is 12.8 Å². The smallest absolute Gasteiger partial charge is 0.405 e. The fourth-order valence-corrected chi connectivity index (χ4v) is 1.71. The van der Waals surface area contributed by atoms with Crippen LogP contribution in [0.2, 0.25) is 0 Å². The van der Waals surface area contributed by atoms with Gasteiger partial charge in [0.05, 0.1) is 6.20 Å². The van der Waals surface area contributed by atoms with Crippen LogP contribution >= 0.6 is 0 Å². The number of oxazole rings is 1. The highest BCUT2D eigenvalue weighted by molar-refractivity contribution is 5.72. The molecule has 16 heavy (non-hydrogen) atoms. The van der Waals surface area contributed by atoms with E-state index in [1.54, 1.807) is 18.5 Å². The second kappa shape index (κ2) is 2.94.